The zero-order valence-corrected chi connectivity index (χ0v) is 16.9. The lowest BCUT2D eigenvalue weighted by Crippen LogP contribution is -2.41. The molecule has 0 aromatic heterocycles. The summed E-state index contributed by atoms with van der Waals surface area (Å²) in [5.74, 6) is 0.595. The maximum Gasteiger partial charge on any atom is 0.226 e. The molecular weight excluding hydrogens is 352 g/mol. The zero-order valence-electron chi connectivity index (χ0n) is 16.9. The molecule has 0 saturated carbocycles. The minimum absolute atomic E-state index is 0.0518. The molecule has 150 valence electrons. The van der Waals surface area contributed by atoms with Crippen molar-refractivity contribution in [3.63, 3.8) is 0 Å². The molecule has 2 aromatic rings. The molecule has 2 aromatic carbocycles. The number of ether oxygens (including phenoxy) is 1. The van der Waals surface area contributed by atoms with Crippen molar-refractivity contribution in [1.82, 2.24) is 10.6 Å². The SMILES string of the molecule is CCC(C)(C)C(=O)N[C@@H](CC(=O)NCCOc1ccccc1)c1ccccc1. The Morgan fingerprint density at radius 3 is 2.21 bits per heavy atom. The van der Waals surface area contributed by atoms with Crippen LogP contribution in [0, 0.1) is 5.41 Å². The molecule has 1 atom stereocenters. The van der Waals surface area contributed by atoms with Gasteiger partial charge in [0.2, 0.25) is 11.8 Å². The minimum atomic E-state index is -0.479. The van der Waals surface area contributed by atoms with Crippen LogP contribution in [0.2, 0.25) is 0 Å². The summed E-state index contributed by atoms with van der Waals surface area (Å²) in [6, 6.07) is 18.7. The summed E-state index contributed by atoms with van der Waals surface area (Å²) in [5.41, 5.74) is 0.436. The number of para-hydroxylation sites is 1. The molecule has 2 N–H and O–H groups in total. The van der Waals surface area contributed by atoms with E-state index in [9.17, 15) is 9.59 Å². The van der Waals surface area contributed by atoms with Gasteiger partial charge in [0, 0.05) is 5.41 Å². The van der Waals surface area contributed by atoms with E-state index in [0.717, 1.165) is 17.7 Å². The van der Waals surface area contributed by atoms with Crippen LogP contribution in [-0.4, -0.2) is 25.0 Å². The summed E-state index contributed by atoms with van der Waals surface area (Å²) in [4.78, 5) is 25.0. The molecule has 0 heterocycles. The molecule has 0 aliphatic heterocycles. The Bertz CT molecular complexity index is 745. The number of nitrogens with one attached hydrogen (secondary N) is 2. The third kappa shape index (κ3) is 6.72. The lowest BCUT2D eigenvalue weighted by Gasteiger charge is -2.26. The lowest BCUT2D eigenvalue weighted by molar-refractivity contribution is -0.130. The fourth-order valence-electron chi connectivity index (χ4n) is 2.59. The van der Waals surface area contributed by atoms with E-state index in [4.69, 9.17) is 4.74 Å². The molecule has 0 unspecified atom stereocenters. The smallest absolute Gasteiger partial charge is 0.226 e. The normalized spacial score (nSPS) is 12.1. The molecule has 2 rings (SSSR count). The molecule has 5 nitrogen and oxygen atoms in total. The Morgan fingerprint density at radius 2 is 1.61 bits per heavy atom. The number of amides is 2. The van der Waals surface area contributed by atoms with Gasteiger partial charge < -0.3 is 15.4 Å². The summed E-state index contributed by atoms with van der Waals surface area (Å²) in [6.45, 7) is 6.60. The van der Waals surface area contributed by atoms with Gasteiger partial charge in [0.05, 0.1) is 19.0 Å². The van der Waals surface area contributed by atoms with Crippen molar-refractivity contribution in [2.75, 3.05) is 13.2 Å². The number of rotatable bonds is 10. The van der Waals surface area contributed by atoms with Crippen LogP contribution in [0.3, 0.4) is 0 Å². The summed E-state index contributed by atoms with van der Waals surface area (Å²) in [6.07, 6.45) is 0.907. The maximum atomic E-state index is 12.6. The molecule has 0 fully saturated rings. The first-order chi connectivity index (χ1) is 13.4. The Morgan fingerprint density at radius 1 is 1.00 bits per heavy atom. The highest BCUT2D eigenvalue weighted by Crippen LogP contribution is 2.23. The Balaban J connectivity index is 1.90. The predicted octanol–water partition coefficient (Wildman–Crippen LogP) is 3.87. The quantitative estimate of drug-likeness (QED) is 0.613. The van der Waals surface area contributed by atoms with Crippen LogP contribution in [0.15, 0.2) is 60.7 Å². The van der Waals surface area contributed by atoms with Gasteiger partial charge in [-0.25, -0.2) is 0 Å². The molecule has 0 spiro atoms. The molecule has 0 radical (unpaired) electrons. The lowest BCUT2D eigenvalue weighted by atomic mass is 9.88. The van der Waals surface area contributed by atoms with Gasteiger partial charge in [-0.15, -0.1) is 0 Å². The molecule has 0 aliphatic rings. The van der Waals surface area contributed by atoms with Crippen molar-refractivity contribution in [2.45, 2.75) is 39.7 Å². The van der Waals surface area contributed by atoms with Crippen molar-refractivity contribution in [3.8, 4) is 5.75 Å². The highest BCUT2D eigenvalue weighted by Gasteiger charge is 2.28. The van der Waals surface area contributed by atoms with Gasteiger partial charge >= 0.3 is 0 Å². The minimum Gasteiger partial charge on any atom is -0.492 e. The van der Waals surface area contributed by atoms with Gasteiger partial charge in [0.25, 0.3) is 0 Å². The van der Waals surface area contributed by atoms with E-state index < -0.39 is 5.41 Å². The molecule has 0 aliphatic carbocycles. The van der Waals surface area contributed by atoms with Crippen molar-refractivity contribution >= 4 is 11.8 Å². The van der Waals surface area contributed by atoms with E-state index in [1.807, 2.05) is 81.4 Å². The second-order valence-electron chi connectivity index (χ2n) is 7.39. The van der Waals surface area contributed by atoms with Crippen LogP contribution in [0.4, 0.5) is 0 Å². The molecule has 0 bridgehead atoms. The average molecular weight is 383 g/mol. The largest absolute Gasteiger partial charge is 0.492 e. The van der Waals surface area contributed by atoms with Crippen LogP contribution in [0.25, 0.3) is 0 Å². The summed E-state index contributed by atoms with van der Waals surface area (Å²) in [5, 5.41) is 5.90. The fraction of sp³-hybridized carbons (Fsp3) is 0.391. The third-order valence-corrected chi connectivity index (χ3v) is 4.83. The first-order valence-corrected chi connectivity index (χ1v) is 9.73. The van der Waals surface area contributed by atoms with Gasteiger partial charge in [-0.1, -0.05) is 69.3 Å². The standard InChI is InChI=1S/C23H30N2O3/c1-4-23(2,3)22(27)25-20(18-11-7-5-8-12-18)17-21(26)24-15-16-28-19-13-9-6-10-14-19/h5-14,20H,4,15-17H2,1-3H3,(H,24,26)(H,25,27)/t20-/m0/s1. The predicted molar refractivity (Wildman–Crippen MR) is 111 cm³/mol. The van der Waals surface area contributed by atoms with Crippen molar-refractivity contribution in [1.29, 1.82) is 0 Å². The molecular formula is C23H30N2O3. The fourth-order valence-corrected chi connectivity index (χ4v) is 2.59. The molecule has 28 heavy (non-hydrogen) atoms. The van der Waals surface area contributed by atoms with E-state index in [-0.39, 0.29) is 24.3 Å². The van der Waals surface area contributed by atoms with Crippen LogP contribution in [-0.2, 0) is 9.59 Å². The highest BCUT2D eigenvalue weighted by molar-refractivity contribution is 5.83. The second-order valence-corrected chi connectivity index (χ2v) is 7.39. The highest BCUT2D eigenvalue weighted by atomic mass is 16.5. The van der Waals surface area contributed by atoms with Crippen molar-refractivity contribution < 1.29 is 14.3 Å². The molecule has 2 amide bonds. The van der Waals surface area contributed by atoms with Gasteiger partial charge in [-0.2, -0.15) is 0 Å². The number of hydrogen-bond acceptors (Lipinski definition) is 3. The molecule has 5 heteroatoms. The Hall–Kier alpha value is -2.82. The van der Waals surface area contributed by atoms with Crippen LogP contribution in [0.5, 0.6) is 5.75 Å². The second kappa shape index (κ2) is 10.5. The topological polar surface area (TPSA) is 67.4 Å². The summed E-state index contributed by atoms with van der Waals surface area (Å²) < 4.78 is 5.59. The van der Waals surface area contributed by atoms with Gasteiger partial charge in [0.1, 0.15) is 12.4 Å². The Kier molecular flexibility index (Phi) is 8.05. The van der Waals surface area contributed by atoms with Crippen molar-refractivity contribution in [2.24, 2.45) is 5.41 Å². The van der Waals surface area contributed by atoms with E-state index in [0.29, 0.717) is 13.2 Å². The van der Waals surface area contributed by atoms with E-state index in [2.05, 4.69) is 10.6 Å². The van der Waals surface area contributed by atoms with Gasteiger partial charge in [0.15, 0.2) is 0 Å². The first kappa shape index (κ1) is 21.5. The van der Waals surface area contributed by atoms with E-state index in [1.165, 1.54) is 0 Å². The van der Waals surface area contributed by atoms with E-state index >= 15 is 0 Å². The van der Waals surface area contributed by atoms with Crippen molar-refractivity contribution in [3.05, 3.63) is 66.2 Å². The monoisotopic (exact) mass is 382 g/mol. The summed E-state index contributed by atoms with van der Waals surface area (Å²) >= 11 is 0. The van der Waals surface area contributed by atoms with Gasteiger partial charge in [-0.05, 0) is 24.1 Å². The summed E-state index contributed by atoms with van der Waals surface area (Å²) in [7, 11) is 0. The zero-order chi connectivity index (χ0) is 20.4. The van der Waals surface area contributed by atoms with E-state index in [1.54, 1.807) is 0 Å². The number of benzene rings is 2. The van der Waals surface area contributed by atoms with Gasteiger partial charge in [-0.3, -0.25) is 9.59 Å². The average Bonchev–Trinajstić information content (AvgIpc) is 2.72. The Labute approximate surface area is 167 Å². The van der Waals surface area contributed by atoms with Crippen LogP contribution < -0.4 is 15.4 Å². The number of carbonyl (C=O) groups excluding carboxylic acids is 2. The van der Waals surface area contributed by atoms with Crippen LogP contribution in [0.1, 0.15) is 45.2 Å². The van der Waals surface area contributed by atoms with Crippen LogP contribution >= 0.6 is 0 Å². The number of hydrogen-bond donors (Lipinski definition) is 2. The molecule has 0 saturated heterocycles. The number of carbonyl (C=O) groups is 2. The third-order valence-electron chi connectivity index (χ3n) is 4.83. The first-order valence-electron chi connectivity index (χ1n) is 9.73. The maximum absolute atomic E-state index is 12.6.